The molecule has 0 aromatic heterocycles. The number of aliphatic hydroxyl groups is 2. The molecule has 0 rings (SSSR count). The maximum absolute atomic E-state index is 11.0. The molecule has 0 heterocycles. The first-order valence-corrected chi connectivity index (χ1v) is 1.66. The molecule has 0 spiro atoms. The van der Waals surface area contributed by atoms with Crippen molar-refractivity contribution in [2.45, 2.75) is 6.10 Å². The number of alkyl halides is 1. The third kappa shape index (κ3) is 2.11. The predicted octanol–water partition coefficient (Wildman–Crippen LogP) is -0.691. The van der Waals surface area contributed by atoms with E-state index in [0.717, 1.165) is 0 Å². The summed E-state index contributed by atoms with van der Waals surface area (Å²) >= 11 is 0. The highest BCUT2D eigenvalue weighted by molar-refractivity contribution is 4.44. The van der Waals surface area contributed by atoms with E-state index in [9.17, 15) is 4.39 Å². The number of rotatable bonds is 2. The van der Waals surface area contributed by atoms with Gasteiger partial charge in [0.1, 0.15) is 12.8 Å². The van der Waals surface area contributed by atoms with Crippen LogP contribution in [0, 0.1) is 0 Å². The first kappa shape index (κ1) is 5.85. The second-order valence-electron chi connectivity index (χ2n) is 0.991. The van der Waals surface area contributed by atoms with Gasteiger partial charge in [-0.25, -0.2) is 4.39 Å². The molecule has 0 aromatic rings. The average molecular weight is 94.1 g/mol. The van der Waals surface area contributed by atoms with Crippen molar-refractivity contribution in [3.8, 4) is 0 Å². The summed E-state index contributed by atoms with van der Waals surface area (Å²) in [6.45, 7) is -1.35. The van der Waals surface area contributed by atoms with E-state index >= 15 is 0 Å². The maximum atomic E-state index is 11.0. The van der Waals surface area contributed by atoms with E-state index in [0.29, 0.717) is 0 Å². The van der Waals surface area contributed by atoms with Gasteiger partial charge < -0.3 is 10.2 Å². The van der Waals surface area contributed by atoms with Crippen LogP contribution in [0.5, 0.6) is 0 Å². The van der Waals surface area contributed by atoms with Crippen LogP contribution in [0.4, 0.5) is 4.39 Å². The maximum Gasteiger partial charge on any atom is 0.118 e. The lowest BCUT2D eigenvalue weighted by Gasteiger charge is -1.94. The van der Waals surface area contributed by atoms with Crippen molar-refractivity contribution in [1.82, 2.24) is 0 Å². The van der Waals surface area contributed by atoms with Crippen molar-refractivity contribution in [2.24, 2.45) is 0 Å². The molecule has 0 saturated carbocycles. The molecular formula is C3H7FO2. The highest BCUT2D eigenvalue weighted by Crippen LogP contribution is 1.77. The van der Waals surface area contributed by atoms with Gasteiger partial charge in [-0.15, -0.1) is 0 Å². The second kappa shape index (κ2) is 3.06. The first-order chi connectivity index (χ1) is 2.81. The van der Waals surface area contributed by atoms with Gasteiger partial charge in [0.05, 0.1) is 6.61 Å². The number of hydrogen-bond donors (Lipinski definition) is 2. The minimum Gasteiger partial charge on any atom is -0.394 e. The summed E-state index contributed by atoms with van der Waals surface area (Å²) in [4.78, 5) is 0. The molecule has 0 aromatic carbocycles. The van der Waals surface area contributed by atoms with Crippen molar-refractivity contribution in [2.75, 3.05) is 13.3 Å². The Hall–Kier alpha value is -0.150. The molecule has 0 amide bonds. The van der Waals surface area contributed by atoms with Crippen LogP contribution in [-0.2, 0) is 0 Å². The largest absolute Gasteiger partial charge is 0.394 e. The van der Waals surface area contributed by atoms with E-state index in [2.05, 4.69) is 0 Å². The summed E-state index contributed by atoms with van der Waals surface area (Å²) in [5.41, 5.74) is 0. The topological polar surface area (TPSA) is 40.5 Å². The lowest BCUT2D eigenvalue weighted by atomic mass is 10.4. The number of halogens is 1. The Bertz CT molecular complexity index is 28.0. The summed E-state index contributed by atoms with van der Waals surface area (Å²) in [5, 5.41) is 15.9. The fourth-order valence-corrected chi connectivity index (χ4v) is 0.0488. The van der Waals surface area contributed by atoms with Crippen molar-refractivity contribution in [1.29, 1.82) is 0 Å². The van der Waals surface area contributed by atoms with Crippen LogP contribution in [0.2, 0.25) is 0 Å². The molecule has 0 fully saturated rings. The fraction of sp³-hybridized carbons (Fsp3) is 1.00. The van der Waals surface area contributed by atoms with Gasteiger partial charge in [-0.3, -0.25) is 0 Å². The molecule has 0 radical (unpaired) electrons. The lowest BCUT2D eigenvalue weighted by molar-refractivity contribution is 0.0737. The van der Waals surface area contributed by atoms with E-state index in [1.807, 2.05) is 0 Å². The molecule has 1 atom stereocenters. The van der Waals surface area contributed by atoms with Crippen molar-refractivity contribution in [3.05, 3.63) is 0 Å². The first-order valence-electron chi connectivity index (χ1n) is 1.66. The van der Waals surface area contributed by atoms with Gasteiger partial charge in [0, 0.05) is 0 Å². The summed E-state index contributed by atoms with van der Waals surface area (Å²) in [6.07, 6.45) is -1.18. The van der Waals surface area contributed by atoms with E-state index < -0.39 is 19.4 Å². The molecule has 0 saturated heterocycles. The molecule has 0 aliphatic carbocycles. The highest BCUT2D eigenvalue weighted by Gasteiger charge is 1.95. The standard InChI is InChI=1S/C3H7FO2/c4-1-3(6)2-5/h3,5-6H,1-2H2/t3-/m0/s1. The van der Waals surface area contributed by atoms with Crippen LogP contribution >= 0.6 is 0 Å². The Morgan fingerprint density at radius 2 is 2.17 bits per heavy atom. The highest BCUT2D eigenvalue weighted by atomic mass is 19.1. The van der Waals surface area contributed by atoms with Crippen molar-refractivity contribution < 1.29 is 14.6 Å². The average Bonchev–Trinajstić information content (AvgIpc) is 1.65. The van der Waals surface area contributed by atoms with Gasteiger partial charge in [-0.2, -0.15) is 0 Å². The Morgan fingerprint density at radius 3 is 2.17 bits per heavy atom. The van der Waals surface area contributed by atoms with Gasteiger partial charge in [-0.1, -0.05) is 0 Å². The zero-order chi connectivity index (χ0) is 4.99. The molecule has 0 aliphatic heterocycles. The fourth-order valence-electron chi connectivity index (χ4n) is 0.0488. The minimum atomic E-state index is -1.18. The summed E-state index contributed by atoms with van der Waals surface area (Å²) < 4.78 is 11.0. The molecular weight excluding hydrogens is 87.0 g/mol. The Morgan fingerprint density at radius 1 is 1.67 bits per heavy atom. The van der Waals surface area contributed by atoms with E-state index in [-0.39, 0.29) is 0 Å². The third-order valence-electron chi connectivity index (χ3n) is 0.389. The van der Waals surface area contributed by atoms with Crippen LogP contribution in [0.25, 0.3) is 0 Å². The molecule has 0 aliphatic rings. The van der Waals surface area contributed by atoms with E-state index in [1.54, 1.807) is 0 Å². The molecule has 6 heavy (non-hydrogen) atoms. The van der Waals surface area contributed by atoms with Gasteiger partial charge >= 0.3 is 0 Å². The zero-order valence-electron chi connectivity index (χ0n) is 3.26. The zero-order valence-corrected chi connectivity index (χ0v) is 3.26. The van der Waals surface area contributed by atoms with Gasteiger partial charge in [0.2, 0.25) is 0 Å². The van der Waals surface area contributed by atoms with Crippen LogP contribution < -0.4 is 0 Å². The molecule has 38 valence electrons. The Balaban J connectivity index is 2.75. The van der Waals surface area contributed by atoms with Gasteiger partial charge in [0.25, 0.3) is 0 Å². The van der Waals surface area contributed by atoms with Crippen LogP contribution in [0.1, 0.15) is 0 Å². The second-order valence-corrected chi connectivity index (χ2v) is 0.991. The molecule has 0 bridgehead atoms. The smallest absolute Gasteiger partial charge is 0.118 e. The van der Waals surface area contributed by atoms with Gasteiger partial charge in [-0.05, 0) is 0 Å². The predicted molar refractivity (Wildman–Crippen MR) is 19.1 cm³/mol. The monoisotopic (exact) mass is 94.0 g/mol. The SMILES string of the molecule is OC[C@@H](O)CF. The minimum absolute atomic E-state index is 0.490. The molecule has 2 N–H and O–H groups in total. The summed E-state index contributed by atoms with van der Waals surface area (Å²) in [7, 11) is 0. The van der Waals surface area contributed by atoms with Crippen molar-refractivity contribution in [3.63, 3.8) is 0 Å². The van der Waals surface area contributed by atoms with Crippen LogP contribution in [0.15, 0.2) is 0 Å². The van der Waals surface area contributed by atoms with Gasteiger partial charge in [0.15, 0.2) is 0 Å². The lowest BCUT2D eigenvalue weighted by Crippen LogP contribution is -2.13. The third-order valence-corrected chi connectivity index (χ3v) is 0.389. The summed E-state index contributed by atoms with van der Waals surface area (Å²) in [5.74, 6) is 0. The van der Waals surface area contributed by atoms with Crippen molar-refractivity contribution >= 4 is 0 Å². The van der Waals surface area contributed by atoms with E-state index in [1.165, 1.54) is 0 Å². The van der Waals surface area contributed by atoms with Crippen LogP contribution in [-0.4, -0.2) is 29.6 Å². The molecule has 0 unspecified atom stereocenters. The normalized spacial score (nSPS) is 14.5. The number of aliphatic hydroxyl groups excluding tert-OH is 2. The Labute approximate surface area is 35.2 Å². The Kier molecular flexibility index (Phi) is 2.98. The quantitative estimate of drug-likeness (QED) is 0.475. The molecule has 3 heteroatoms. The summed E-state index contributed by atoms with van der Waals surface area (Å²) in [6, 6.07) is 0. The number of hydrogen-bond acceptors (Lipinski definition) is 2. The molecule has 2 nitrogen and oxygen atoms in total. The van der Waals surface area contributed by atoms with E-state index in [4.69, 9.17) is 10.2 Å². The van der Waals surface area contributed by atoms with Crippen LogP contribution in [0.3, 0.4) is 0 Å².